The van der Waals surface area contributed by atoms with Gasteiger partial charge in [-0.05, 0) is 58.7 Å². The second kappa shape index (κ2) is 4.47. The summed E-state index contributed by atoms with van der Waals surface area (Å²) >= 11 is 2.28. The lowest BCUT2D eigenvalue weighted by Gasteiger charge is -2.24. The summed E-state index contributed by atoms with van der Waals surface area (Å²) < 4.78 is 1.21. The summed E-state index contributed by atoms with van der Waals surface area (Å²) in [6.07, 6.45) is 4.71. The minimum Gasteiger partial charge on any atom is -0.294 e. The van der Waals surface area contributed by atoms with Gasteiger partial charge in [0.05, 0.1) is 0 Å². The van der Waals surface area contributed by atoms with Crippen LogP contribution in [0.2, 0.25) is 0 Å². The Morgan fingerprint density at radius 3 is 2.53 bits per heavy atom. The van der Waals surface area contributed by atoms with Crippen LogP contribution in [0.1, 0.15) is 24.8 Å². The number of carbonyl (C=O) groups excluding carboxylic acids is 1. The molecule has 0 saturated carbocycles. The highest BCUT2D eigenvalue weighted by atomic mass is 127. The van der Waals surface area contributed by atoms with Gasteiger partial charge in [0, 0.05) is 9.49 Å². The molecule has 0 aliphatic heterocycles. The topological polar surface area (TPSA) is 17.1 Å². The largest absolute Gasteiger partial charge is 0.294 e. The zero-order valence-electron chi connectivity index (χ0n) is 8.61. The quantitative estimate of drug-likeness (QED) is 0.725. The van der Waals surface area contributed by atoms with Crippen LogP contribution in [0.4, 0.5) is 0 Å². The number of hydrogen-bond donors (Lipinski definition) is 0. The molecule has 0 N–H and O–H groups in total. The van der Waals surface area contributed by atoms with Gasteiger partial charge in [-0.3, -0.25) is 4.79 Å². The Morgan fingerprint density at radius 2 is 1.93 bits per heavy atom. The second-order valence-corrected chi connectivity index (χ2v) is 5.29. The van der Waals surface area contributed by atoms with Crippen LogP contribution in [0.15, 0.2) is 36.4 Å². The van der Waals surface area contributed by atoms with Crippen LogP contribution in [0.25, 0.3) is 0 Å². The Labute approximate surface area is 104 Å². The molecule has 15 heavy (non-hydrogen) atoms. The van der Waals surface area contributed by atoms with Crippen LogP contribution in [-0.4, -0.2) is 5.78 Å². The van der Waals surface area contributed by atoms with Crippen LogP contribution in [0, 0.1) is 9.49 Å². The van der Waals surface area contributed by atoms with E-state index in [2.05, 4.69) is 53.8 Å². The molecule has 78 valence electrons. The van der Waals surface area contributed by atoms with E-state index in [0.29, 0.717) is 5.92 Å². The average molecular weight is 312 g/mol. The van der Waals surface area contributed by atoms with E-state index in [9.17, 15) is 4.79 Å². The van der Waals surface area contributed by atoms with Crippen LogP contribution in [0.3, 0.4) is 0 Å². The van der Waals surface area contributed by atoms with Crippen LogP contribution in [0.5, 0.6) is 0 Å². The van der Waals surface area contributed by atoms with E-state index in [0.717, 1.165) is 12.0 Å². The van der Waals surface area contributed by atoms with Crippen LogP contribution < -0.4 is 0 Å². The van der Waals surface area contributed by atoms with Gasteiger partial charge in [0.15, 0.2) is 5.78 Å². The molecule has 1 aliphatic carbocycles. The van der Waals surface area contributed by atoms with Crippen molar-refractivity contribution in [3.05, 3.63) is 45.6 Å². The third kappa shape index (κ3) is 2.30. The molecule has 0 spiro atoms. The number of benzene rings is 1. The Balaban J connectivity index is 2.33. The predicted octanol–water partition coefficient (Wildman–Crippen LogP) is 3.54. The molecular formula is C13H13IO. The van der Waals surface area contributed by atoms with Gasteiger partial charge in [0.2, 0.25) is 0 Å². The fraction of sp³-hybridized carbons (Fsp3) is 0.308. The average Bonchev–Trinajstić information content (AvgIpc) is 2.20. The number of carbonyl (C=O) groups is 1. The van der Waals surface area contributed by atoms with Crippen molar-refractivity contribution in [2.75, 3.05) is 0 Å². The molecule has 0 radical (unpaired) electrons. The smallest absolute Gasteiger partial charge is 0.163 e. The van der Waals surface area contributed by atoms with E-state index in [1.807, 2.05) is 6.08 Å². The SMILES string of the molecule is C[C@@H]1CC=CC(=O)[C@H]1c1ccc(I)cc1. The highest BCUT2D eigenvalue weighted by Gasteiger charge is 2.26. The highest BCUT2D eigenvalue weighted by Crippen LogP contribution is 2.31. The van der Waals surface area contributed by atoms with Gasteiger partial charge in [-0.15, -0.1) is 0 Å². The molecule has 1 aromatic rings. The molecule has 0 aromatic heterocycles. The van der Waals surface area contributed by atoms with E-state index >= 15 is 0 Å². The van der Waals surface area contributed by atoms with E-state index in [-0.39, 0.29) is 11.7 Å². The fourth-order valence-corrected chi connectivity index (χ4v) is 2.44. The van der Waals surface area contributed by atoms with Gasteiger partial charge in [-0.25, -0.2) is 0 Å². The molecule has 1 nitrogen and oxygen atoms in total. The molecule has 1 aromatic carbocycles. The first-order chi connectivity index (χ1) is 7.18. The van der Waals surface area contributed by atoms with Crippen molar-refractivity contribution < 1.29 is 4.79 Å². The van der Waals surface area contributed by atoms with E-state index in [1.54, 1.807) is 6.08 Å². The molecule has 2 atom stereocenters. The number of ketones is 1. The maximum Gasteiger partial charge on any atom is 0.163 e. The number of hydrogen-bond acceptors (Lipinski definition) is 1. The molecule has 1 aliphatic rings. The normalized spacial score (nSPS) is 25.6. The van der Waals surface area contributed by atoms with Crippen molar-refractivity contribution in [2.45, 2.75) is 19.3 Å². The monoisotopic (exact) mass is 312 g/mol. The maximum absolute atomic E-state index is 11.8. The number of rotatable bonds is 1. The molecule has 0 amide bonds. The van der Waals surface area contributed by atoms with E-state index in [4.69, 9.17) is 0 Å². The summed E-state index contributed by atoms with van der Waals surface area (Å²) in [5.74, 6) is 0.726. The zero-order valence-corrected chi connectivity index (χ0v) is 10.8. The summed E-state index contributed by atoms with van der Waals surface area (Å²) in [5, 5.41) is 0. The molecular weight excluding hydrogens is 299 g/mol. The minimum atomic E-state index is 0.0620. The summed E-state index contributed by atoms with van der Waals surface area (Å²) in [6.45, 7) is 2.14. The summed E-state index contributed by atoms with van der Waals surface area (Å²) in [6, 6.07) is 8.27. The van der Waals surface area contributed by atoms with Gasteiger partial charge in [0.25, 0.3) is 0 Å². The zero-order chi connectivity index (χ0) is 10.8. The highest BCUT2D eigenvalue weighted by molar-refractivity contribution is 14.1. The fourth-order valence-electron chi connectivity index (χ4n) is 2.08. The summed E-state index contributed by atoms with van der Waals surface area (Å²) in [5.41, 5.74) is 1.15. The minimum absolute atomic E-state index is 0.0620. The standard InChI is InChI=1S/C13H13IO/c1-9-3-2-4-12(15)13(9)10-5-7-11(14)8-6-10/h2,4-9,13H,3H2,1H3/t9-,13-/m1/s1. The van der Waals surface area contributed by atoms with Crippen molar-refractivity contribution in [3.8, 4) is 0 Å². The Kier molecular flexibility index (Phi) is 3.24. The Bertz CT molecular complexity index is 392. The first-order valence-electron chi connectivity index (χ1n) is 5.14. The Morgan fingerprint density at radius 1 is 1.27 bits per heavy atom. The first-order valence-corrected chi connectivity index (χ1v) is 6.22. The van der Waals surface area contributed by atoms with E-state index < -0.39 is 0 Å². The number of allylic oxidation sites excluding steroid dienone is 2. The molecule has 2 rings (SSSR count). The first kappa shape index (κ1) is 10.9. The molecule has 0 saturated heterocycles. The van der Waals surface area contributed by atoms with Gasteiger partial charge in [0.1, 0.15) is 0 Å². The van der Waals surface area contributed by atoms with Gasteiger partial charge in [-0.2, -0.15) is 0 Å². The lowest BCUT2D eigenvalue weighted by atomic mass is 9.79. The molecule has 0 fully saturated rings. The maximum atomic E-state index is 11.8. The lowest BCUT2D eigenvalue weighted by molar-refractivity contribution is -0.117. The van der Waals surface area contributed by atoms with Crippen molar-refractivity contribution in [2.24, 2.45) is 5.92 Å². The molecule has 0 bridgehead atoms. The second-order valence-electron chi connectivity index (χ2n) is 4.05. The predicted molar refractivity (Wildman–Crippen MR) is 69.8 cm³/mol. The van der Waals surface area contributed by atoms with Gasteiger partial charge < -0.3 is 0 Å². The van der Waals surface area contributed by atoms with Crippen molar-refractivity contribution in [1.29, 1.82) is 0 Å². The van der Waals surface area contributed by atoms with Crippen LogP contribution in [-0.2, 0) is 4.79 Å². The van der Waals surface area contributed by atoms with Crippen molar-refractivity contribution in [3.63, 3.8) is 0 Å². The van der Waals surface area contributed by atoms with Crippen LogP contribution >= 0.6 is 22.6 Å². The molecule has 0 unspecified atom stereocenters. The molecule has 2 heteroatoms. The lowest BCUT2D eigenvalue weighted by Crippen LogP contribution is -2.21. The third-order valence-electron chi connectivity index (χ3n) is 2.89. The Hall–Kier alpha value is -0.640. The summed E-state index contributed by atoms with van der Waals surface area (Å²) in [7, 11) is 0. The van der Waals surface area contributed by atoms with Crippen molar-refractivity contribution in [1.82, 2.24) is 0 Å². The van der Waals surface area contributed by atoms with Gasteiger partial charge >= 0.3 is 0 Å². The van der Waals surface area contributed by atoms with E-state index in [1.165, 1.54) is 3.57 Å². The molecule has 0 heterocycles. The van der Waals surface area contributed by atoms with Gasteiger partial charge in [-0.1, -0.05) is 25.1 Å². The number of halogens is 1. The van der Waals surface area contributed by atoms with Crippen molar-refractivity contribution >= 4 is 28.4 Å². The third-order valence-corrected chi connectivity index (χ3v) is 3.61. The summed E-state index contributed by atoms with van der Waals surface area (Å²) in [4.78, 5) is 11.8.